The van der Waals surface area contributed by atoms with Gasteiger partial charge >= 0.3 is 0 Å². The number of amides is 1. The van der Waals surface area contributed by atoms with Gasteiger partial charge < -0.3 is 4.42 Å². The van der Waals surface area contributed by atoms with Crippen molar-refractivity contribution in [3.63, 3.8) is 0 Å². The summed E-state index contributed by atoms with van der Waals surface area (Å²) in [6, 6.07) is 0. The van der Waals surface area contributed by atoms with Crippen molar-refractivity contribution in [2.45, 2.75) is 49.7 Å². The Bertz CT molecular complexity index is 658. The maximum absolute atomic E-state index is 12.2. The van der Waals surface area contributed by atoms with Crippen molar-refractivity contribution in [2.75, 3.05) is 0 Å². The molecule has 0 saturated heterocycles. The summed E-state index contributed by atoms with van der Waals surface area (Å²) in [5.41, 5.74) is 0.0341. The molecule has 1 amide bonds. The number of hydrogen-bond donors (Lipinski definition) is 1. The molecule has 0 aromatic carbocycles. The van der Waals surface area contributed by atoms with Crippen molar-refractivity contribution in [2.24, 2.45) is 0 Å². The molecule has 2 aliphatic carbocycles. The molecule has 3 rings (SSSR count). The van der Waals surface area contributed by atoms with Crippen LogP contribution < -0.4 is 4.72 Å². The van der Waals surface area contributed by atoms with E-state index in [0.29, 0.717) is 18.7 Å². The fraction of sp³-hybridized carbons (Fsp3) is 0.571. The van der Waals surface area contributed by atoms with E-state index >= 15 is 0 Å². The average molecular weight is 310 g/mol. The van der Waals surface area contributed by atoms with Crippen LogP contribution in [0.4, 0.5) is 0 Å². The number of nitrogens with one attached hydrogen (secondary N) is 1. The Morgan fingerprint density at radius 1 is 1.29 bits per heavy atom. The van der Waals surface area contributed by atoms with Crippen LogP contribution in [0.25, 0.3) is 0 Å². The number of sulfonamides is 1. The van der Waals surface area contributed by atoms with E-state index in [0.717, 1.165) is 25.7 Å². The largest absolute Gasteiger partial charge is 0.448 e. The Labute approximate surface area is 123 Å². The lowest BCUT2D eigenvalue weighted by atomic mass is 9.85. The number of rotatable bonds is 4. The van der Waals surface area contributed by atoms with Crippen molar-refractivity contribution >= 4 is 15.9 Å². The van der Waals surface area contributed by atoms with E-state index in [9.17, 15) is 13.2 Å². The third kappa shape index (κ3) is 3.02. The first-order chi connectivity index (χ1) is 10.1. The lowest BCUT2D eigenvalue weighted by Crippen LogP contribution is -2.38. The molecule has 1 atom stereocenters. The zero-order valence-electron chi connectivity index (χ0n) is 11.6. The molecule has 0 spiro atoms. The average Bonchev–Trinajstić information content (AvgIpc) is 2.87. The van der Waals surface area contributed by atoms with Crippen LogP contribution in [-0.2, 0) is 10.0 Å². The van der Waals surface area contributed by atoms with Crippen molar-refractivity contribution in [3.8, 4) is 0 Å². The summed E-state index contributed by atoms with van der Waals surface area (Å²) in [4.78, 5) is 16.1. The van der Waals surface area contributed by atoms with Gasteiger partial charge in [-0.1, -0.05) is 18.6 Å². The molecule has 1 fully saturated rings. The maximum atomic E-state index is 12.2. The van der Waals surface area contributed by atoms with E-state index in [2.05, 4.69) is 9.71 Å². The predicted octanol–water partition coefficient (Wildman–Crippen LogP) is 2.11. The van der Waals surface area contributed by atoms with Crippen LogP contribution in [0.2, 0.25) is 0 Å². The van der Waals surface area contributed by atoms with Crippen molar-refractivity contribution < 1.29 is 17.6 Å². The predicted molar refractivity (Wildman–Crippen MR) is 76.3 cm³/mol. The number of oxazole rings is 1. The van der Waals surface area contributed by atoms with Crippen LogP contribution >= 0.6 is 0 Å². The molecular weight excluding hydrogens is 292 g/mol. The molecule has 114 valence electrons. The number of carbonyl (C=O) groups excluding carboxylic acids is 1. The van der Waals surface area contributed by atoms with Crippen molar-refractivity contribution in [1.82, 2.24) is 9.71 Å². The van der Waals surface area contributed by atoms with Gasteiger partial charge in [-0.05, 0) is 32.1 Å². The highest BCUT2D eigenvalue weighted by atomic mass is 32.2. The third-order valence-electron chi connectivity index (χ3n) is 4.10. The quantitative estimate of drug-likeness (QED) is 0.860. The zero-order chi connectivity index (χ0) is 14.9. The molecule has 21 heavy (non-hydrogen) atoms. The van der Waals surface area contributed by atoms with Gasteiger partial charge in [-0.2, -0.15) is 0 Å². The molecule has 2 aliphatic rings. The second-order valence-electron chi connectivity index (χ2n) is 5.58. The normalized spacial score (nSPS) is 22.8. The molecule has 1 heterocycles. The van der Waals surface area contributed by atoms with Gasteiger partial charge in [-0.25, -0.2) is 18.1 Å². The zero-order valence-corrected chi connectivity index (χ0v) is 12.4. The highest BCUT2D eigenvalue weighted by molar-refractivity contribution is 7.90. The highest BCUT2D eigenvalue weighted by Crippen LogP contribution is 2.35. The molecule has 1 N–H and O–H groups in total. The lowest BCUT2D eigenvalue weighted by molar-refractivity contribution is 0.0976. The second-order valence-corrected chi connectivity index (χ2v) is 7.54. The molecule has 1 aromatic heterocycles. The molecule has 1 saturated carbocycles. The van der Waals surface area contributed by atoms with Gasteiger partial charge in [0.15, 0.2) is 11.6 Å². The van der Waals surface area contributed by atoms with Gasteiger partial charge in [0.1, 0.15) is 6.26 Å². The van der Waals surface area contributed by atoms with E-state index < -0.39 is 21.2 Å². The summed E-state index contributed by atoms with van der Waals surface area (Å²) in [6.07, 6.45) is 9.87. The van der Waals surface area contributed by atoms with Crippen LogP contribution in [0, 0.1) is 0 Å². The van der Waals surface area contributed by atoms with Gasteiger partial charge in [0.2, 0.25) is 10.0 Å². The molecule has 0 bridgehead atoms. The first-order valence-corrected chi connectivity index (χ1v) is 8.77. The van der Waals surface area contributed by atoms with Gasteiger partial charge in [-0.15, -0.1) is 0 Å². The van der Waals surface area contributed by atoms with E-state index in [1.165, 1.54) is 6.26 Å². The first-order valence-electron chi connectivity index (χ1n) is 7.22. The Morgan fingerprint density at radius 2 is 2.10 bits per heavy atom. The summed E-state index contributed by atoms with van der Waals surface area (Å²) in [7, 11) is -3.67. The number of aromatic nitrogens is 1. The van der Waals surface area contributed by atoms with Crippen molar-refractivity contribution in [1.29, 1.82) is 0 Å². The van der Waals surface area contributed by atoms with Gasteiger partial charge in [0.05, 0.1) is 5.25 Å². The minimum Gasteiger partial charge on any atom is -0.448 e. The van der Waals surface area contributed by atoms with Gasteiger partial charge in [-0.3, -0.25) is 4.79 Å². The Morgan fingerprint density at radius 3 is 2.71 bits per heavy atom. The van der Waals surface area contributed by atoms with E-state index in [4.69, 9.17) is 4.42 Å². The first kappa shape index (κ1) is 14.3. The SMILES string of the molecule is O=C(NS(=O)(=O)C1CC=CCC1)c1coc(C2CCC2)n1. The number of carbonyl (C=O) groups is 1. The molecule has 7 heteroatoms. The lowest BCUT2D eigenvalue weighted by Gasteiger charge is -2.21. The van der Waals surface area contributed by atoms with Crippen molar-refractivity contribution in [3.05, 3.63) is 30.0 Å². The summed E-state index contributed by atoms with van der Waals surface area (Å²) in [6.45, 7) is 0. The van der Waals surface area contributed by atoms with Crippen LogP contribution in [0.3, 0.4) is 0 Å². The molecular formula is C14H18N2O4S. The standard InChI is InChI=1S/C14H18N2O4S/c17-13(12-9-20-14(15-12)10-5-4-6-10)16-21(18,19)11-7-2-1-3-8-11/h1-2,9-11H,3-8H2,(H,16,17). The monoisotopic (exact) mass is 310 g/mol. The Kier molecular flexibility index (Phi) is 3.84. The maximum Gasteiger partial charge on any atom is 0.286 e. The Hall–Kier alpha value is -1.63. The van der Waals surface area contributed by atoms with Crippen LogP contribution in [-0.4, -0.2) is 24.6 Å². The summed E-state index contributed by atoms with van der Waals surface area (Å²) in [5.74, 6) is 0.0925. The minimum atomic E-state index is -3.67. The highest BCUT2D eigenvalue weighted by Gasteiger charge is 2.30. The fourth-order valence-electron chi connectivity index (χ4n) is 2.55. The van der Waals surface area contributed by atoms with E-state index in [-0.39, 0.29) is 11.6 Å². The molecule has 1 unspecified atom stereocenters. The number of allylic oxidation sites excluding steroid dienone is 2. The topological polar surface area (TPSA) is 89.3 Å². The van der Waals surface area contributed by atoms with Crippen LogP contribution in [0.1, 0.15) is 60.8 Å². The van der Waals surface area contributed by atoms with E-state index in [1.54, 1.807) is 0 Å². The summed E-state index contributed by atoms with van der Waals surface area (Å²) >= 11 is 0. The molecule has 6 nitrogen and oxygen atoms in total. The van der Waals surface area contributed by atoms with E-state index in [1.807, 2.05) is 12.2 Å². The minimum absolute atomic E-state index is 0.0341. The third-order valence-corrected chi connectivity index (χ3v) is 5.88. The number of hydrogen-bond acceptors (Lipinski definition) is 5. The van der Waals surface area contributed by atoms with Crippen LogP contribution in [0.15, 0.2) is 22.8 Å². The Balaban J connectivity index is 1.67. The van der Waals surface area contributed by atoms with Gasteiger partial charge in [0.25, 0.3) is 5.91 Å². The number of nitrogens with zero attached hydrogens (tertiary/aromatic N) is 1. The second kappa shape index (κ2) is 5.63. The summed E-state index contributed by atoms with van der Waals surface area (Å²) < 4.78 is 31.7. The molecule has 1 aromatic rings. The van der Waals surface area contributed by atoms with Crippen LogP contribution in [0.5, 0.6) is 0 Å². The smallest absolute Gasteiger partial charge is 0.286 e. The summed E-state index contributed by atoms with van der Waals surface area (Å²) in [5, 5.41) is -0.551. The van der Waals surface area contributed by atoms with Gasteiger partial charge in [0, 0.05) is 5.92 Å². The molecule has 0 radical (unpaired) electrons. The fourth-order valence-corrected chi connectivity index (χ4v) is 3.89. The molecule has 0 aliphatic heterocycles.